The molecule has 0 amide bonds. The third-order valence-corrected chi connectivity index (χ3v) is 4.21. The Morgan fingerprint density at radius 1 is 1.12 bits per heavy atom. The molecule has 125 valence electrons. The minimum atomic E-state index is -0.982. The molecule has 0 N–H and O–H groups in total. The number of benzene rings is 1. The van der Waals surface area contributed by atoms with Gasteiger partial charge in [-0.2, -0.15) is 0 Å². The first kappa shape index (κ1) is 16.4. The molecule has 0 fully saturated rings. The Morgan fingerprint density at radius 2 is 1.79 bits per heavy atom. The minimum absolute atomic E-state index is 0.251. The summed E-state index contributed by atoms with van der Waals surface area (Å²) in [6, 6.07) is 7.75. The zero-order valence-corrected chi connectivity index (χ0v) is 14.0. The van der Waals surface area contributed by atoms with Crippen LogP contribution in [0, 0.1) is 0 Å². The van der Waals surface area contributed by atoms with Crippen LogP contribution >= 0.6 is 0 Å². The Balaban J connectivity index is 1.91. The highest BCUT2D eigenvalue weighted by Gasteiger charge is 2.49. The SMILES string of the molecule is CC1(C)C=C(C(=O)Oc2ccc3ccc(=O)oc3c2)C(C)(C)N1[O]. The Hall–Kier alpha value is -2.44. The molecule has 3 rings (SSSR count). The van der Waals surface area contributed by atoms with Crippen molar-refractivity contribution < 1.29 is 19.2 Å². The molecule has 0 spiro atoms. The molecule has 24 heavy (non-hydrogen) atoms. The van der Waals surface area contributed by atoms with E-state index >= 15 is 0 Å². The number of ether oxygens (including phenoxy) is 1. The molecule has 0 bridgehead atoms. The van der Waals surface area contributed by atoms with E-state index in [4.69, 9.17) is 9.15 Å². The number of hydrogen-bond donors (Lipinski definition) is 0. The fourth-order valence-corrected chi connectivity index (χ4v) is 2.99. The molecule has 2 heterocycles. The van der Waals surface area contributed by atoms with Crippen LogP contribution in [0.4, 0.5) is 0 Å². The predicted octanol–water partition coefficient (Wildman–Crippen LogP) is 2.84. The maximum Gasteiger partial charge on any atom is 0.341 e. The third kappa shape index (κ3) is 2.64. The summed E-state index contributed by atoms with van der Waals surface area (Å²) in [5, 5.41) is 13.9. The van der Waals surface area contributed by atoms with Gasteiger partial charge in [0.1, 0.15) is 11.3 Å². The summed E-state index contributed by atoms with van der Waals surface area (Å²) in [5.74, 6) is -0.343. The fraction of sp³-hybridized carbons (Fsp3) is 0.333. The van der Waals surface area contributed by atoms with Crippen molar-refractivity contribution >= 4 is 16.9 Å². The van der Waals surface area contributed by atoms with Crippen LogP contribution in [0.15, 0.2) is 51.2 Å². The molecule has 0 atom stereocenters. The third-order valence-electron chi connectivity index (χ3n) is 4.21. The van der Waals surface area contributed by atoms with Crippen molar-refractivity contribution in [3.63, 3.8) is 0 Å². The lowest BCUT2D eigenvalue weighted by Crippen LogP contribution is -2.47. The Labute approximate surface area is 138 Å². The molecule has 0 saturated heterocycles. The Kier molecular flexibility index (Phi) is 3.62. The Morgan fingerprint density at radius 3 is 2.42 bits per heavy atom. The van der Waals surface area contributed by atoms with E-state index in [1.165, 1.54) is 12.1 Å². The second kappa shape index (κ2) is 5.29. The summed E-state index contributed by atoms with van der Waals surface area (Å²) in [5.41, 5.74) is -1.61. The minimum Gasteiger partial charge on any atom is -0.423 e. The highest BCUT2D eigenvalue weighted by atomic mass is 16.5. The van der Waals surface area contributed by atoms with Gasteiger partial charge in [0.2, 0.25) is 0 Å². The zero-order valence-electron chi connectivity index (χ0n) is 14.0. The lowest BCUT2D eigenvalue weighted by Gasteiger charge is -2.33. The van der Waals surface area contributed by atoms with Crippen LogP contribution in [0.1, 0.15) is 27.7 Å². The molecule has 2 aromatic rings. The van der Waals surface area contributed by atoms with Crippen LogP contribution in [0.25, 0.3) is 11.0 Å². The highest BCUT2D eigenvalue weighted by molar-refractivity contribution is 5.94. The van der Waals surface area contributed by atoms with E-state index in [1.54, 1.807) is 52.0 Å². The normalized spacial score (nSPS) is 19.3. The van der Waals surface area contributed by atoms with Crippen LogP contribution in [0.2, 0.25) is 0 Å². The van der Waals surface area contributed by atoms with Gasteiger partial charge in [-0.25, -0.2) is 9.59 Å². The van der Waals surface area contributed by atoms with Crippen molar-refractivity contribution in [1.82, 2.24) is 5.06 Å². The number of nitrogens with zero attached hydrogens (tertiary/aromatic N) is 1. The molecular weight excluding hydrogens is 310 g/mol. The zero-order chi connectivity index (χ0) is 17.7. The van der Waals surface area contributed by atoms with E-state index in [0.29, 0.717) is 11.2 Å². The lowest BCUT2D eigenvalue weighted by atomic mass is 9.97. The number of carbonyl (C=O) groups is 1. The quantitative estimate of drug-likeness (QED) is 0.481. The standard InChI is InChI=1S/C18H18NO5/c1-17(2)10-13(18(3,4)19(17)22)16(21)23-12-7-5-11-6-8-15(20)24-14(11)9-12/h5-10H,1-4H3. The topological polar surface area (TPSA) is 79.7 Å². The van der Waals surface area contributed by atoms with Gasteiger partial charge in [0.15, 0.2) is 0 Å². The van der Waals surface area contributed by atoms with Crippen molar-refractivity contribution in [2.45, 2.75) is 38.8 Å². The smallest absolute Gasteiger partial charge is 0.341 e. The Bertz CT molecular complexity index is 907. The molecular formula is C18H18NO5. The number of rotatable bonds is 2. The number of hydrogen-bond acceptors (Lipinski definition) is 5. The molecule has 0 aliphatic carbocycles. The van der Waals surface area contributed by atoms with Gasteiger partial charge in [-0.05, 0) is 52.0 Å². The van der Waals surface area contributed by atoms with E-state index in [-0.39, 0.29) is 5.75 Å². The first-order valence-corrected chi connectivity index (χ1v) is 7.58. The van der Waals surface area contributed by atoms with Crippen molar-refractivity contribution in [1.29, 1.82) is 0 Å². The molecule has 0 unspecified atom stereocenters. The molecule has 6 nitrogen and oxygen atoms in total. The van der Waals surface area contributed by atoms with Gasteiger partial charge < -0.3 is 9.15 Å². The van der Waals surface area contributed by atoms with Gasteiger partial charge in [0.05, 0.1) is 16.7 Å². The largest absolute Gasteiger partial charge is 0.423 e. The maximum absolute atomic E-state index is 12.5. The van der Waals surface area contributed by atoms with Gasteiger partial charge >= 0.3 is 11.6 Å². The van der Waals surface area contributed by atoms with E-state index in [2.05, 4.69) is 0 Å². The summed E-state index contributed by atoms with van der Waals surface area (Å²) in [6.07, 6.45) is 1.63. The van der Waals surface area contributed by atoms with Crippen molar-refractivity contribution in [2.75, 3.05) is 0 Å². The van der Waals surface area contributed by atoms with Crippen LogP contribution in [-0.4, -0.2) is 22.1 Å². The van der Waals surface area contributed by atoms with Gasteiger partial charge in [0, 0.05) is 17.5 Å². The summed E-state index contributed by atoms with van der Waals surface area (Å²) in [4.78, 5) is 23.8. The summed E-state index contributed by atoms with van der Waals surface area (Å²) in [7, 11) is 0. The van der Waals surface area contributed by atoms with Crippen LogP contribution in [0.5, 0.6) is 5.75 Å². The van der Waals surface area contributed by atoms with E-state index in [0.717, 1.165) is 10.4 Å². The number of hydroxylamine groups is 2. The molecule has 1 aliphatic heterocycles. The second-order valence-corrected chi connectivity index (χ2v) is 6.91. The van der Waals surface area contributed by atoms with E-state index < -0.39 is 22.7 Å². The average molecular weight is 328 g/mol. The second-order valence-electron chi connectivity index (χ2n) is 6.91. The summed E-state index contributed by atoms with van der Waals surface area (Å²) >= 11 is 0. The summed E-state index contributed by atoms with van der Waals surface area (Å²) < 4.78 is 10.5. The molecule has 1 aromatic carbocycles. The fourth-order valence-electron chi connectivity index (χ4n) is 2.99. The molecule has 1 aliphatic rings. The van der Waals surface area contributed by atoms with Crippen LogP contribution in [-0.2, 0) is 10.0 Å². The van der Waals surface area contributed by atoms with Crippen LogP contribution in [0.3, 0.4) is 0 Å². The maximum atomic E-state index is 12.5. The van der Waals surface area contributed by atoms with Gasteiger partial charge in [-0.3, -0.25) is 0 Å². The number of carbonyl (C=O) groups excluding carboxylic acids is 1. The van der Waals surface area contributed by atoms with Crippen molar-refractivity contribution in [3.05, 3.63) is 52.4 Å². The lowest BCUT2D eigenvalue weighted by molar-refractivity contribution is -0.238. The van der Waals surface area contributed by atoms with Gasteiger partial charge in [-0.1, -0.05) is 0 Å². The highest BCUT2D eigenvalue weighted by Crippen LogP contribution is 2.39. The predicted molar refractivity (Wildman–Crippen MR) is 86.9 cm³/mol. The van der Waals surface area contributed by atoms with Crippen LogP contribution < -0.4 is 10.4 Å². The molecule has 1 aromatic heterocycles. The molecule has 6 heteroatoms. The number of esters is 1. The average Bonchev–Trinajstić information content (AvgIpc) is 2.67. The van der Waals surface area contributed by atoms with Gasteiger partial charge in [-0.15, -0.1) is 10.3 Å². The van der Waals surface area contributed by atoms with Crippen molar-refractivity contribution in [2.24, 2.45) is 0 Å². The molecule has 1 radical (unpaired) electrons. The van der Waals surface area contributed by atoms with Gasteiger partial charge in [0.25, 0.3) is 0 Å². The summed E-state index contributed by atoms with van der Waals surface area (Å²) in [6.45, 7) is 6.85. The monoisotopic (exact) mass is 328 g/mol. The van der Waals surface area contributed by atoms with E-state index in [1.807, 2.05) is 0 Å². The van der Waals surface area contributed by atoms with E-state index in [9.17, 15) is 14.8 Å². The molecule has 0 saturated carbocycles. The van der Waals surface area contributed by atoms with Crippen molar-refractivity contribution in [3.8, 4) is 5.75 Å². The number of fused-ring (bicyclic) bond motifs is 1. The first-order valence-electron chi connectivity index (χ1n) is 7.58. The first-order chi connectivity index (χ1) is 11.1.